The van der Waals surface area contributed by atoms with Gasteiger partial charge in [-0.1, -0.05) is 29.8 Å². The van der Waals surface area contributed by atoms with E-state index in [0.29, 0.717) is 12.1 Å². The van der Waals surface area contributed by atoms with Gasteiger partial charge in [-0.3, -0.25) is 0 Å². The van der Waals surface area contributed by atoms with Crippen molar-refractivity contribution in [2.24, 2.45) is 0 Å². The molecule has 0 fully saturated rings. The molecule has 0 spiro atoms. The van der Waals surface area contributed by atoms with Crippen LogP contribution in [0, 0.1) is 18.3 Å². The molecule has 0 aliphatic carbocycles. The molecule has 0 unspecified atom stereocenters. The van der Waals surface area contributed by atoms with Gasteiger partial charge in [0.05, 0.1) is 11.6 Å². The number of rotatable bonds is 3. The first-order valence-electron chi connectivity index (χ1n) is 5.43. The van der Waals surface area contributed by atoms with Gasteiger partial charge in [-0.2, -0.15) is 5.26 Å². The van der Waals surface area contributed by atoms with Crippen LogP contribution < -0.4 is 5.32 Å². The Bertz CT molecular complexity index is 555. The Labute approximate surface area is 101 Å². The summed E-state index contributed by atoms with van der Waals surface area (Å²) in [7, 11) is 0. The second kappa shape index (κ2) is 5.13. The summed E-state index contributed by atoms with van der Waals surface area (Å²) < 4.78 is 0. The number of hydrogen-bond donors (Lipinski definition) is 1. The van der Waals surface area contributed by atoms with Crippen molar-refractivity contribution in [2.45, 2.75) is 13.5 Å². The van der Waals surface area contributed by atoms with E-state index in [1.807, 2.05) is 6.07 Å². The number of aryl methyl sites for hydroxylation is 1. The lowest BCUT2D eigenvalue weighted by Crippen LogP contribution is -2.01. The molecule has 1 N–H and O–H groups in total. The minimum absolute atomic E-state index is 0.617. The number of nitrogens with one attached hydrogen (secondary N) is 1. The summed E-state index contributed by atoms with van der Waals surface area (Å²) >= 11 is 0. The number of aromatic nitrogens is 1. The smallest absolute Gasteiger partial charge is 0.127 e. The molecule has 0 amide bonds. The molecular formula is C14H13N3. The lowest BCUT2D eigenvalue weighted by molar-refractivity contribution is 1.10. The molecule has 1 aromatic carbocycles. The van der Waals surface area contributed by atoms with Crippen molar-refractivity contribution >= 4 is 5.82 Å². The molecule has 3 nitrogen and oxygen atoms in total. The largest absolute Gasteiger partial charge is 0.366 e. The lowest BCUT2D eigenvalue weighted by Gasteiger charge is -2.06. The number of hydrogen-bond acceptors (Lipinski definition) is 3. The van der Waals surface area contributed by atoms with Crippen LogP contribution in [0.2, 0.25) is 0 Å². The Balaban J connectivity index is 2.05. The third kappa shape index (κ3) is 3.05. The van der Waals surface area contributed by atoms with Crippen LogP contribution in [0.4, 0.5) is 5.82 Å². The maximum atomic E-state index is 8.78. The van der Waals surface area contributed by atoms with Crippen LogP contribution in [0.15, 0.2) is 42.6 Å². The Morgan fingerprint density at radius 3 is 2.94 bits per heavy atom. The molecule has 0 saturated carbocycles. The van der Waals surface area contributed by atoms with Gasteiger partial charge < -0.3 is 5.32 Å². The molecule has 1 aromatic heterocycles. The van der Waals surface area contributed by atoms with Crippen LogP contribution in [-0.4, -0.2) is 4.98 Å². The summed E-state index contributed by atoms with van der Waals surface area (Å²) in [5.74, 6) is 0.727. The summed E-state index contributed by atoms with van der Waals surface area (Å²) in [5.41, 5.74) is 3.06. The Morgan fingerprint density at radius 2 is 2.18 bits per heavy atom. The second-order valence-electron chi connectivity index (χ2n) is 3.88. The van der Waals surface area contributed by atoms with E-state index in [1.165, 1.54) is 11.1 Å². The Hall–Kier alpha value is -2.34. The summed E-state index contributed by atoms with van der Waals surface area (Å²) in [6.07, 6.45) is 1.64. The van der Waals surface area contributed by atoms with Crippen molar-refractivity contribution < 1.29 is 0 Å². The quantitative estimate of drug-likeness (QED) is 0.870. The van der Waals surface area contributed by atoms with Crippen molar-refractivity contribution in [3.8, 4) is 6.07 Å². The molecule has 0 aliphatic rings. The third-order valence-corrected chi connectivity index (χ3v) is 2.45. The normalized spacial score (nSPS) is 9.65. The van der Waals surface area contributed by atoms with E-state index in [2.05, 4.69) is 41.5 Å². The van der Waals surface area contributed by atoms with E-state index in [9.17, 15) is 0 Å². The van der Waals surface area contributed by atoms with E-state index in [4.69, 9.17) is 5.26 Å². The standard InChI is InChI=1S/C14H13N3/c1-11-3-2-4-13(7-11)10-17-14-8-12(9-15)5-6-16-14/h2-8H,10H2,1H3,(H,16,17). The zero-order valence-electron chi connectivity index (χ0n) is 9.64. The van der Waals surface area contributed by atoms with Gasteiger partial charge in [0.15, 0.2) is 0 Å². The highest BCUT2D eigenvalue weighted by Gasteiger charge is 1.97. The lowest BCUT2D eigenvalue weighted by atomic mass is 10.1. The van der Waals surface area contributed by atoms with E-state index in [1.54, 1.807) is 18.3 Å². The topological polar surface area (TPSA) is 48.7 Å². The minimum atomic E-state index is 0.617. The number of pyridine rings is 1. The third-order valence-electron chi connectivity index (χ3n) is 2.45. The first-order valence-corrected chi connectivity index (χ1v) is 5.43. The number of anilines is 1. The summed E-state index contributed by atoms with van der Waals surface area (Å²) in [6.45, 7) is 2.78. The molecule has 0 aliphatic heterocycles. The highest BCUT2D eigenvalue weighted by atomic mass is 15.0. The van der Waals surface area contributed by atoms with Crippen LogP contribution in [0.25, 0.3) is 0 Å². The summed E-state index contributed by atoms with van der Waals surface area (Å²) in [4.78, 5) is 4.16. The predicted molar refractivity (Wildman–Crippen MR) is 67.5 cm³/mol. The van der Waals surface area contributed by atoms with Crippen molar-refractivity contribution in [1.82, 2.24) is 4.98 Å². The number of nitrogens with zero attached hydrogens (tertiary/aromatic N) is 2. The highest BCUT2D eigenvalue weighted by molar-refractivity contribution is 5.43. The van der Waals surface area contributed by atoms with Gasteiger partial charge in [0, 0.05) is 12.7 Å². The van der Waals surface area contributed by atoms with Gasteiger partial charge in [-0.05, 0) is 24.6 Å². The molecule has 0 bridgehead atoms. The van der Waals surface area contributed by atoms with Gasteiger partial charge in [0.2, 0.25) is 0 Å². The van der Waals surface area contributed by atoms with Crippen molar-refractivity contribution in [3.63, 3.8) is 0 Å². The van der Waals surface area contributed by atoms with Gasteiger partial charge in [-0.15, -0.1) is 0 Å². The minimum Gasteiger partial charge on any atom is -0.366 e. The fraction of sp³-hybridized carbons (Fsp3) is 0.143. The zero-order chi connectivity index (χ0) is 12.1. The maximum absolute atomic E-state index is 8.78. The van der Waals surface area contributed by atoms with Gasteiger partial charge >= 0.3 is 0 Å². The Kier molecular flexibility index (Phi) is 3.37. The van der Waals surface area contributed by atoms with Crippen molar-refractivity contribution in [1.29, 1.82) is 5.26 Å². The zero-order valence-corrected chi connectivity index (χ0v) is 9.64. The van der Waals surface area contributed by atoms with Crippen LogP contribution >= 0.6 is 0 Å². The fourth-order valence-electron chi connectivity index (χ4n) is 1.61. The van der Waals surface area contributed by atoms with Crippen molar-refractivity contribution in [3.05, 3.63) is 59.3 Å². The number of nitriles is 1. The second-order valence-corrected chi connectivity index (χ2v) is 3.88. The maximum Gasteiger partial charge on any atom is 0.127 e. The molecule has 3 heteroatoms. The average molecular weight is 223 g/mol. The van der Waals surface area contributed by atoms with Crippen molar-refractivity contribution in [2.75, 3.05) is 5.32 Å². The van der Waals surface area contributed by atoms with E-state index in [0.717, 1.165) is 5.82 Å². The molecule has 0 atom stereocenters. The van der Waals surface area contributed by atoms with E-state index in [-0.39, 0.29) is 0 Å². The highest BCUT2D eigenvalue weighted by Crippen LogP contribution is 2.09. The van der Waals surface area contributed by atoms with Crippen LogP contribution in [0.3, 0.4) is 0 Å². The molecule has 2 rings (SSSR count). The predicted octanol–water partition coefficient (Wildman–Crippen LogP) is 2.87. The fourth-order valence-corrected chi connectivity index (χ4v) is 1.61. The Morgan fingerprint density at radius 1 is 1.29 bits per heavy atom. The molecule has 84 valence electrons. The van der Waals surface area contributed by atoms with E-state index < -0.39 is 0 Å². The molecule has 0 radical (unpaired) electrons. The monoisotopic (exact) mass is 223 g/mol. The summed E-state index contributed by atoms with van der Waals surface area (Å²) in [6, 6.07) is 13.8. The van der Waals surface area contributed by atoms with E-state index >= 15 is 0 Å². The SMILES string of the molecule is Cc1cccc(CNc2cc(C#N)ccn2)c1. The van der Waals surface area contributed by atoms with Crippen LogP contribution in [0.5, 0.6) is 0 Å². The van der Waals surface area contributed by atoms with Gasteiger partial charge in [-0.25, -0.2) is 4.98 Å². The summed E-state index contributed by atoms with van der Waals surface area (Å²) in [5, 5.41) is 12.0. The molecular weight excluding hydrogens is 210 g/mol. The first-order chi connectivity index (χ1) is 8.28. The molecule has 17 heavy (non-hydrogen) atoms. The average Bonchev–Trinajstić information content (AvgIpc) is 2.37. The molecule has 0 saturated heterocycles. The van der Waals surface area contributed by atoms with Crippen LogP contribution in [0.1, 0.15) is 16.7 Å². The first kappa shape index (κ1) is 11.2. The van der Waals surface area contributed by atoms with Gasteiger partial charge in [0.1, 0.15) is 5.82 Å². The number of benzene rings is 1. The van der Waals surface area contributed by atoms with Gasteiger partial charge in [0.25, 0.3) is 0 Å². The van der Waals surface area contributed by atoms with Crippen LogP contribution in [-0.2, 0) is 6.54 Å². The molecule has 1 heterocycles. The molecule has 2 aromatic rings.